The van der Waals surface area contributed by atoms with Crippen LogP contribution < -0.4 is 0 Å². The Kier molecular flexibility index (Phi) is 6.29. The van der Waals surface area contributed by atoms with Crippen molar-refractivity contribution in [2.75, 3.05) is 32.7 Å². The highest BCUT2D eigenvalue weighted by atomic mass is 35.5. The van der Waals surface area contributed by atoms with Crippen LogP contribution in [0.5, 0.6) is 0 Å². The Morgan fingerprint density at radius 3 is 2.32 bits per heavy atom. The van der Waals surface area contributed by atoms with Gasteiger partial charge in [-0.1, -0.05) is 29.8 Å². The molecular weight excluding hydrogens is 398 g/mol. The van der Waals surface area contributed by atoms with E-state index >= 15 is 0 Å². The lowest BCUT2D eigenvalue weighted by Gasteiger charge is -2.33. The van der Waals surface area contributed by atoms with Crippen LogP contribution in [-0.4, -0.2) is 60.7 Å². The van der Waals surface area contributed by atoms with E-state index in [0.29, 0.717) is 43.3 Å². The lowest BCUT2D eigenvalue weighted by molar-refractivity contribution is 0.0901. The SMILES string of the molecule is Cc1cc(C(=O)CN2CCN(S(=O)(=O)Cc3ccccc3Cl)CC2)c(C)n1C. The molecule has 0 amide bonds. The number of nitrogens with zero attached hydrogens (tertiary/aromatic N) is 3. The first-order valence-electron chi connectivity index (χ1n) is 9.29. The van der Waals surface area contributed by atoms with E-state index in [0.717, 1.165) is 17.0 Å². The fourth-order valence-electron chi connectivity index (χ4n) is 3.49. The second kappa shape index (κ2) is 8.37. The van der Waals surface area contributed by atoms with Crippen LogP contribution in [0, 0.1) is 13.8 Å². The highest BCUT2D eigenvalue weighted by Crippen LogP contribution is 2.21. The number of halogens is 1. The molecular formula is C20H26ClN3O3S. The van der Waals surface area contributed by atoms with Crippen LogP contribution in [0.15, 0.2) is 30.3 Å². The molecule has 8 heteroatoms. The Morgan fingerprint density at radius 2 is 1.75 bits per heavy atom. The molecule has 2 heterocycles. The summed E-state index contributed by atoms with van der Waals surface area (Å²) in [6.45, 7) is 6.07. The van der Waals surface area contributed by atoms with Crippen LogP contribution in [0.2, 0.25) is 5.02 Å². The third kappa shape index (κ3) is 4.49. The van der Waals surface area contributed by atoms with E-state index in [-0.39, 0.29) is 11.5 Å². The second-order valence-corrected chi connectivity index (χ2v) is 9.67. The molecule has 0 bridgehead atoms. The molecule has 2 aromatic rings. The summed E-state index contributed by atoms with van der Waals surface area (Å²) in [4.78, 5) is 14.7. The summed E-state index contributed by atoms with van der Waals surface area (Å²) in [6.07, 6.45) is 0. The highest BCUT2D eigenvalue weighted by Gasteiger charge is 2.28. The molecule has 152 valence electrons. The molecule has 1 aromatic carbocycles. The number of Topliss-reactive ketones (excluding diaryl/α,β-unsaturated/α-hetero) is 1. The summed E-state index contributed by atoms with van der Waals surface area (Å²) >= 11 is 6.10. The first-order chi connectivity index (χ1) is 13.2. The summed E-state index contributed by atoms with van der Waals surface area (Å²) < 4.78 is 28.9. The standard InChI is InChI=1S/C20H26ClN3O3S/c1-15-12-18(16(2)22(15)3)20(25)13-23-8-10-24(11-9-23)28(26,27)14-17-6-4-5-7-19(17)21/h4-7,12H,8-11,13-14H2,1-3H3. The number of aryl methyl sites for hydroxylation is 1. The number of sulfonamides is 1. The molecule has 28 heavy (non-hydrogen) atoms. The van der Waals surface area contributed by atoms with Crippen molar-refractivity contribution >= 4 is 27.4 Å². The highest BCUT2D eigenvalue weighted by molar-refractivity contribution is 7.88. The van der Waals surface area contributed by atoms with Gasteiger partial charge in [0.15, 0.2) is 5.78 Å². The third-order valence-corrected chi connectivity index (χ3v) is 7.66. The van der Waals surface area contributed by atoms with Gasteiger partial charge < -0.3 is 4.57 Å². The fraction of sp³-hybridized carbons (Fsp3) is 0.450. The van der Waals surface area contributed by atoms with Gasteiger partial charge in [0, 0.05) is 55.2 Å². The van der Waals surface area contributed by atoms with E-state index in [2.05, 4.69) is 0 Å². The molecule has 0 atom stereocenters. The minimum atomic E-state index is -3.44. The van der Waals surface area contributed by atoms with Crippen molar-refractivity contribution in [1.29, 1.82) is 0 Å². The molecule has 0 radical (unpaired) electrons. The molecule has 0 aliphatic carbocycles. The van der Waals surface area contributed by atoms with Gasteiger partial charge in [-0.3, -0.25) is 9.69 Å². The molecule has 6 nitrogen and oxygen atoms in total. The van der Waals surface area contributed by atoms with E-state index < -0.39 is 10.0 Å². The molecule has 1 fully saturated rings. The number of rotatable bonds is 6. The zero-order valence-electron chi connectivity index (χ0n) is 16.5. The smallest absolute Gasteiger partial charge is 0.218 e. The predicted octanol–water partition coefficient (Wildman–Crippen LogP) is 2.63. The maximum atomic E-state index is 12.7. The minimum absolute atomic E-state index is 0.0774. The van der Waals surface area contributed by atoms with Gasteiger partial charge in [-0.15, -0.1) is 0 Å². The predicted molar refractivity (Wildman–Crippen MR) is 111 cm³/mol. The van der Waals surface area contributed by atoms with Crippen LogP contribution in [-0.2, 0) is 22.8 Å². The average Bonchev–Trinajstić information content (AvgIpc) is 2.91. The van der Waals surface area contributed by atoms with E-state index in [9.17, 15) is 13.2 Å². The molecule has 3 rings (SSSR count). The van der Waals surface area contributed by atoms with Gasteiger partial charge >= 0.3 is 0 Å². The van der Waals surface area contributed by atoms with Crippen LogP contribution in [0.4, 0.5) is 0 Å². The van der Waals surface area contributed by atoms with Crippen LogP contribution >= 0.6 is 11.6 Å². The monoisotopic (exact) mass is 423 g/mol. The van der Waals surface area contributed by atoms with E-state index in [1.165, 1.54) is 4.31 Å². The van der Waals surface area contributed by atoms with Crippen LogP contribution in [0.25, 0.3) is 0 Å². The lowest BCUT2D eigenvalue weighted by Crippen LogP contribution is -2.50. The quantitative estimate of drug-likeness (QED) is 0.670. The van der Waals surface area contributed by atoms with Crippen molar-refractivity contribution in [3.63, 3.8) is 0 Å². The average molecular weight is 424 g/mol. The Labute approximate surface area is 171 Å². The maximum Gasteiger partial charge on any atom is 0.218 e. The first kappa shape index (κ1) is 21.0. The first-order valence-corrected chi connectivity index (χ1v) is 11.3. The Hall–Kier alpha value is -1.67. The third-order valence-electron chi connectivity index (χ3n) is 5.46. The molecule has 1 aliphatic heterocycles. The number of carbonyl (C=O) groups is 1. The summed E-state index contributed by atoms with van der Waals surface area (Å²) in [5, 5.41) is 0.462. The Balaban J connectivity index is 1.59. The normalized spacial score (nSPS) is 16.4. The van der Waals surface area contributed by atoms with Crippen molar-refractivity contribution in [1.82, 2.24) is 13.8 Å². The van der Waals surface area contributed by atoms with Gasteiger partial charge in [0.2, 0.25) is 10.0 Å². The minimum Gasteiger partial charge on any atom is -0.351 e. The van der Waals surface area contributed by atoms with Crippen molar-refractivity contribution in [3.8, 4) is 0 Å². The van der Waals surface area contributed by atoms with E-state index in [1.54, 1.807) is 24.3 Å². The van der Waals surface area contributed by atoms with Gasteiger partial charge in [-0.2, -0.15) is 4.31 Å². The van der Waals surface area contributed by atoms with Gasteiger partial charge in [0.05, 0.1) is 12.3 Å². The Morgan fingerprint density at radius 1 is 1.11 bits per heavy atom. The molecule has 0 N–H and O–H groups in total. The number of piperazine rings is 1. The van der Waals surface area contributed by atoms with Crippen molar-refractivity contribution in [2.45, 2.75) is 19.6 Å². The zero-order valence-corrected chi connectivity index (χ0v) is 18.1. The summed E-state index contributed by atoms with van der Waals surface area (Å²) in [5.74, 6) is -0.0257. The fourth-order valence-corrected chi connectivity index (χ4v) is 5.32. The van der Waals surface area contributed by atoms with E-state index in [4.69, 9.17) is 11.6 Å². The van der Waals surface area contributed by atoms with Crippen molar-refractivity contribution < 1.29 is 13.2 Å². The van der Waals surface area contributed by atoms with Gasteiger partial charge in [-0.25, -0.2) is 8.42 Å². The van der Waals surface area contributed by atoms with Crippen molar-refractivity contribution in [2.24, 2.45) is 7.05 Å². The molecule has 1 saturated heterocycles. The second-order valence-electron chi connectivity index (χ2n) is 7.29. The number of benzene rings is 1. The van der Waals surface area contributed by atoms with E-state index in [1.807, 2.05) is 36.4 Å². The summed E-state index contributed by atoms with van der Waals surface area (Å²) in [6, 6.07) is 8.92. The number of hydrogen-bond acceptors (Lipinski definition) is 4. The summed E-state index contributed by atoms with van der Waals surface area (Å²) in [7, 11) is -1.49. The van der Waals surface area contributed by atoms with Crippen LogP contribution in [0.1, 0.15) is 27.3 Å². The van der Waals surface area contributed by atoms with Gasteiger partial charge in [0.25, 0.3) is 0 Å². The van der Waals surface area contributed by atoms with Gasteiger partial charge in [0.1, 0.15) is 0 Å². The number of hydrogen-bond donors (Lipinski definition) is 0. The molecule has 0 unspecified atom stereocenters. The number of ketones is 1. The maximum absolute atomic E-state index is 12.7. The molecule has 0 spiro atoms. The molecule has 0 saturated carbocycles. The Bertz CT molecular complexity index is 977. The molecule has 1 aromatic heterocycles. The number of carbonyl (C=O) groups excluding carboxylic acids is 1. The lowest BCUT2D eigenvalue weighted by atomic mass is 10.1. The summed E-state index contributed by atoms with van der Waals surface area (Å²) in [5.41, 5.74) is 3.37. The van der Waals surface area contributed by atoms with Gasteiger partial charge in [-0.05, 0) is 31.5 Å². The number of aromatic nitrogens is 1. The van der Waals surface area contributed by atoms with Crippen LogP contribution in [0.3, 0.4) is 0 Å². The topological polar surface area (TPSA) is 62.6 Å². The largest absolute Gasteiger partial charge is 0.351 e. The van der Waals surface area contributed by atoms with Crippen molar-refractivity contribution in [3.05, 3.63) is 57.9 Å². The zero-order chi connectivity index (χ0) is 20.5. The molecule has 1 aliphatic rings.